The van der Waals surface area contributed by atoms with E-state index in [4.69, 9.17) is 0 Å². The smallest absolute Gasteiger partial charge is 0.358 e. The lowest BCUT2D eigenvalue weighted by atomic mass is 10.4. The molecule has 8 nitrogen and oxygen atoms in total. The van der Waals surface area contributed by atoms with E-state index in [0.717, 1.165) is 18.7 Å². The van der Waals surface area contributed by atoms with Crippen molar-refractivity contribution in [2.45, 2.75) is 35.5 Å². The Morgan fingerprint density at radius 3 is 2.96 bits per heavy atom. The first kappa shape index (κ1) is 14.9. The number of hydrogen-bond donors (Lipinski definition) is 0. The summed E-state index contributed by atoms with van der Waals surface area (Å²) in [7, 11) is 0. The van der Waals surface area contributed by atoms with Crippen molar-refractivity contribution in [3.05, 3.63) is 53.0 Å². The number of pyridine rings is 1. The fourth-order valence-corrected chi connectivity index (χ4v) is 3.54. The molecule has 1 fully saturated rings. The van der Waals surface area contributed by atoms with Gasteiger partial charge in [0.05, 0.1) is 6.20 Å². The summed E-state index contributed by atoms with van der Waals surface area (Å²) in [6.07, 6.45) is 5.62. The summed E-state index contributed by atoms with van der Waals surface area (Å²) in [6.45, 7) is 4.34. The molecule has 1 saturated carbocycles. The van der Waals surface area contributed by atoms with Gasteiger partial charge in [0.2, 0.25) is 10.7 Å². The summed E-state index contributed by atoms with van der Waals surface area (Å²) in [6, 6.07) is 5.27. The fraction of sp³-hybridized carbons (Fsp3) is 0.267. The van der Waals surface area contributed by atoms with Gasteiger partial charge in [0.1, 0.15) is 5.82 Å². The highest BCUT2D eigenvalue weighted by Gasteiger charge is 2.31. The lowest BCUT2D eigenvalue weighted by Gasteiger charge is -2.05. The Balaban J connectivity index is 1.78. The zero-order valence-electron chi connectivity index (χ0n) is 12.7. The Morgan fingerprint density at radius 1 is 1.42 bits per heavy atom. The van der Waals surface area contributed by atoms with Crippen LogP contribution in [0.3, 0.4) is 0 Å². The molecule has 3 heterocycles. The van der Waals surface area contributed by atoms with E-state index in [1.807, 2.05) is 4.57 Å². The molecule has 0 amide bonds. The summed E-state index contributed by atoms with van der Waals surface area (Å²) < 4.78 is 3.43. The summed E-state index contributed by atoms with van der Waals surface area (Å²) >= 11 is 1.17. The molecule has 0 unspecified atom stereocenters. The van der Waals surface area contributed by atoms with E-state index < -0.39 is 4.92 Å². The van der Waals surface area contributed by atoms with Crippen molar-refractivity contribution in [1.29, 1.82) is 0 Å². The highest BCUT2D eigenvalue weighted by molar-refractivity contribution is 7.99. The average Bonchev–Trinajstić information content (AvgIpc) is 3.23. The molecular weight excluding hydrogens is 328 g/mol. The molecule has 0 spiro atoms. The number of aromatic nitrogens is 5. The second-order valence-corrected chi connectivity index (χ2v) is 6.50. The van der Waals surface area contributed by atoms with Crippen molar-refractivity contribution in [2.75, 3.05) is 0 Å². The summed E-state index contributed by atoms with van der Waals surface area (Å²) in [5.74, 6) is 1.29. The number of hydrogen-bond acceptors (Lipinski definition) is 6. The lowest BCUT2D eigenvalue weighted by molar-refractivity contribution is -0.393. The van der Waals surface area contributed by atoms with Gasteiger partial charge in [0, 0.05) is 18.5 Å². The molecule has 9 heteroatoms. The van der Waals surface area contributed by atoms with Crippen LogP contribution in [0.5, 0.6) is 0 Å². The van der Waals surface area contributed by atoms with Crippen LogP contribution < -0.4 is 0 Å². The van der Waals surface area contributed by atoms with Crippen molar-refractivity contribution in [3.63, 3.8) is 0 Å². The molecule has 0 radical (unpaired) electrons. The van der Waals surface area contributed by atoms with Gasteiger partial charge in [-0.1, -0.05) is 12.1 Å². The number of imidazole rings is 1. The van der Waals surface area contributed by atoms with E-state index in [9.17, 15) is 10.1 Å². The molecule has 0 N–H and O–H groups in total. The van der Waals surface area contributed by atoms with Crippen LogP contribution in [-0.4, -0.2) is 29.1 Å². The zero-order chi connectivity index (χ0) is 16.7. The number of nitrogens with zero attached hydrogens (tertiary/aromatic N) is 6. The number of allylic oxidation sites excluding steroid dienone is 1. The van der Waals surface area contributed by atoms with Crippen LogP contribution in [-0.2, 0) is 6.54 Å². The quantitative estimate of drug-likeness (QED) is 0.388. The third kappa shape index (κ3) is 2.46. The van der Waals surface area contributed by atoms with Gasteiger partial charge in [-0.05, 0) is 35.6 Å². The van der Waals surface area contributed by atoms with Gasteiger partial charge in [-0.2, -0.15) is 9.38 Å². The summed E-state index contributed by atoms with van der Waals surface area (Å²) in [4.78, 5) is 15.5. The first-order chi connectivity index (χ1) is 11.7. The van der Waals surface area contributed by atoms with Crippen molar-refractivity contribution in [1.82, 2.24) is 24.1 Å². The third-order valence-electron chi connectivity index (χ3n) is 3.83. The van der Waals surface area contributed by atoms with Gasteiger partial charge in [-0.25, -0.2) is 0 Å². The predicted molar refractivity (Wildman–Crippen MR) is 88.2 cm³/mol. The van der Waals surface area contributed by atoms with Crippen molar-refractivity contribution in [2.24, 2.45) is 0 Å². The molecule has 0 atom stereocenters. The van der Waals surface area contributed by atoms with Crippen LogP contribution in [0.1, 0.15) is 24.6 Å². The minimum Gasteiger partial charge on any atom is -0.358 e. The van der Waals surface area contributed by atoms with Crippen LogP contribution in [0.25, 0.3) is 5.65 Å². The minimum absolute atomic E-state index is 0.0586. The number of nitro groups is 1. The molecule has 0 bridgehead atoms. The Hall–Kier alpha value is -2.68. The van der Waals surface area contributed by atoms with Crippen molar-refractivity contribution >= 4 is 23.2 Å². The molecular formula is C15H14N6O2S. The minimum atomic E-state index is -0.418. The van der Waals surface area contributed by atoms with E-state index in [1.54, 1.807) is 30.5 Å². The molecule has 0 aromatic carbocycles. The maximum absolute atomic E-state index is 11.5. The Labute approximate surface area is 141 Å². The normalized spacial score (nSPS) is 14.2. The van der Waals surface area contributed by atoms with E-state index in [1.165, 1.54) is 16.2 Å². The summed E-state index contributed by atoms with van der Waals surface area (Å²) in [5, 5.41) is 20.9. The van der Waals surface area contributed by atoms with Crippen molar-refractivity contribution in [3.8, 4) is 0 Å². The van der Waals surface area contributed by atoms with Crippen molar-refractivity contribution < 1.29 is 4.92 Å². The first-order valence-corrected chi connectivity index (χ1v) is 8.34. The fourth-order valence-electron chi connectivity index (χ4n) is 2.60. The van der Waals surface area contributed by atoms with Gasteiger partial charge in [-0.15, -0.1) is 16.8 Å². The lowest BCUT2D eigenvalue weighted by Crippen LogP contribution is -2.03. The van der Waals surface area contributed by atoms with Crippen LogP contribution in [0, 0.1) is 10.1 Å². The van der Waals surface area contributed by atoms with E-state index in [-0.39, 0.29) is 5.82 Å². The van der Waals surface area contributed by atoms with Crippen LogP contribution in [0.4, 0.5) is 5.82 Å². The molecule has 3 aromatic rings. The monoisotopic (exact) mass is 342 g/mol. The molecule has 1 aliphatic rings. The average molecular weight is 342 g/mol. The largest absolute Gasteiger partial charge is 0.362 e. The first-order valence-electron chi connectivity index (χ1n) is 7.52. The zero-order valence-corrected chi connectivity index (χ0v) is 13.5. The highest BCUT2D eigenvalue weighted by Crippen LogP contribution is 2.41. The molecule has 4 rings (SSSR count). The van der Waals surface area contributed by atoms with E-state index in [0.29, 0.717) is 28.3 Å². The second-order valence-electron chi connectivity index (χ2n) is 5.54. The Bertz CT molecular complexity index is 943. The van der Waals surface area contributed by atoms with Crippen LogP contribution >= 0.6 is 11.8 Å². The third-order valence-corrected chi connectivity index (χ3v) is 4.79. The van der Waals surface area contributed by atoms with E-state index in [2.05, 4.69) is 21.8 Å². The standard InChI is InChI=1S/C15H14N6O2S/c1-2-8-20-12(10-6-7-10)17-18-15(20)24-13-14(21(22)23)19-9-4-3-5-11(19)16-13/h2-5,9-10H,1,6-8H2. The van der Waals surface area contributed by atoms with Crippen LogP contribution in [0.15, 0.2) is 47.2 Å². The molecule has 0 aliphatic heterocycles. The van der Waals surface area contributed by atoms with Gasteiger partial charge in [0.25, 0.3) is 0 Å². The Kier molecular flexibility index (Phi) is 3.57. The highest BCUT2D eigenvalue weighted by atomic mass is 32.2. The van der Waals surface area contributed by atoms with Gasteiger partial charge in [0.15, 0.2) is 5.16 Å². The van der Waals surface area contributed by atoms with E-state index >= 15 is 0 Å². The number of rotatable bonds is 6. The van der Waals surface area contributed by atoms with Gasteiger partial charge < -0.3 is 14.7 Å². The molecule has 24 heavy (non-hydrogen) atoms. The van der Waals surface area contributed by atoms with Gasteiger partial charge >= 0.3 is 5.82 Å². The molecule has 0 saturated heterocycles. The number of fused-ring (bicyclic) bond motifs is 1. The molecule has 3 aromatic heterocycles. The maximum atomic E-state index is 11.5. The Morgan fingerprint density at radius 2 is 2.25 bits per heavy atom. The second kappa shape index (κ2) is 5.75. The SMILES string of the molecule is C=CCn1c(Sc2nc3ccccn3c2[N+](=O)[O-])nnc1C1CC1. The van der Waals surface area contributed by atoms with Gasteiger partial charge in [-0.3, -0.25) is 0 Å². The predicted octanol–water partition coefficient (Wildman–Crippen LogP) is 3.05. The summed E-state index contributed by atoms with van der Waals surface area (Å²) in [5.41, 5.74) is 0.531. The maximum Gasteiger partial charge on any atom is 0.362 e. The molecule has 122 valence electrons. The topological polar surface area (TPSA) is 91.2 Å². The van der Waals surface area contributed by atoms with Crippen LogP contribution in [0.2, 0.25) is 0 Å². The molecule has 1 aliphatic carbocycles.